The minimum Gasteiger partial charge on any atom is -0.333 e. The van der Waals surface area contributed by atoms with Crippen LogP contribution in [-0.4, -0.2) is 9.13 Å². The summed E-state index contributed by atoms with van der Waals surface area (Å²) >= 11 is 0. The van der Waals surface area contributed by atoms with Gasteiger partial charge >= 0.3 is 0 Å². The molecule has 2 aliphatic rings. The molecule has 0 aliphatic heterocycles. The Morgan fingerprint density at radius 1 is 0.587 bits per heavy atom. The molecule has 0 saturated heterocycles. The molecule has 2 aromatic heterocycles. The summed E-state index contributed by atoms with van der Waals surface area (Å²) in [6, 6.07) is 47.5. The van der Waals surface area contributed by atoms with Gasteiger partial charge in [-0.25, -0.2) is 0 Å². The largest absolute Gasteiger partial charge is 0.333 e. The molecule has 0 spiro atoms. The Balaban J connectivity index is 1.21. The molecule has 2 nitrogen and oxygen atoms in total. The van der Waals surface area contributed by atoms with Gasteiger partial charge in [0, 0.05) is 37.9 Å². The van der Waals surface area contributed by atoms with Crippen LogP contribution in [0.4, 0.5) is 0 Å². The minimum atomic E-state index is 0.257. The SMILES string of the molecule is C1=CC(n2c3ccccc3c3ccc(-c4cccc5c4c4c(n5-c5ccc6ccccc6c5)=CCCC=4)cc32)Cc2ccccc21. The molecule has 0 fully saturated rings. The summed E-state index contributed by atoms with van der Waals surface area (Å²) in [6.07, 6.45) is 12.7. The van der Waals surface area contributed by atoms with Crippen molar-refractivity contribution in [2.45, 2.75) is 25.3 Å². The van der Waals surface area contributed by atoms with Crippen molar-refractivity contribution in [1.82, 2.24) is 9.13 Å². The number of benzene rings is 6. The Labute approximate surface area is 267 Å². The monoisotopic (exact) mass is 588 g/mol. The maximum Gasteiger partial charge on any atom is 0.0566 e. The molecule has 218 valence electrons. The predicted molar refractivity (Wildman–Crippen MR) is 195 cm³/mol. The molecule has 0 bridgehead atoms. The van der Waals surface area contributed by atoms with E-state index < -0.39 is 0 Å². The first-order valence-electron chi connectivity index (χ1n) is 16.4. The van der Waals surface area contributed by atoms with E-state index in [1.54, 1.807) is 0 Å². The first kappa shape index (κ1) is 25.7. The summed E-state index contributed by atoms with van der Waals surface area (Å²) in [7, 11) is 0. The average molecular weight is 589 g/mol. The van der Waals surface area contributed by atoms with Crippen molar-refractivity contribution < 1.29 is 0 Å². The van der Waals surface area contributed by atoms with Crippen molar-refractivity contribution >= 4 is 61.7 Å². The molecule has 0 amide bonds. The summed E-state index contributed by atoms with van der Waals surface area (Å²) in [6.45, 7) is 0. The summed E-state index contributed by atoms with van der Waals surface area (Å²) in [5.74, 6) is 0. The first-order chi connectivity index (χ1) is 22.8. The molecule has 2 heteroatoms. The van der Waals surface area contributed by atoms with Gasteiger partial charge in [0.15, 0.2) is 0 Å². The molecular weight excluding hydrogens is 556 g/mol. The first-order valence-corrected chi connectivity index (χ1v) is 16.4. The third-order valence-corrected chi connectivity index (χ3v) is 10.2. The number of fused-ring (bicyclic) bond motifs is 8. The van der Waals surface area contributed by atoms with Gasteiger partial charge in [-0.15, -0.1) is 0 Å². The van der Waals surface area contributed by atoms with E-state index >= 15 is 0 Å². The molecule has 10 rings (SSSR count). The lowest BCUT2D eigenvalue weighted by Gasteiger charge is -2.23. The smallest absolute Gasteiger partial charge is 0.0566 e. The number of aromatic nitrogens is 2. The maximum atomic E-state index is 2.58. The normalized spacial score (nSPS) is 15.6. The van der Waals surface area contributed by atoms with Crippen molar-refractivity contribution in [2.75, 3.05) is 0 Å². The summed E-state index contributed by atoms with van der Waals surface area (Å²) in [5, 5.41) is 9.18. The van der Waals surface area contributed by atoms with Gasteiger partial charge in [0.2, 0.25) is 0 Å². The molecular formula is C44H32N2. The quantitative estimate of drug-likeness (QED) is 0.194. The van der Waals surface area contributed by atoms with Crippen molar-refractivity contribution in [2.24, 2.45) is 0 Å². The van der Waals surface area contributed by atoms with Crippen LogP contribution in [0.25, 0.3) is 78.5 Å². The Morgan fingerprint density at radius 3 is 2.37 bits per heavy atom. The average Bonchev–Trinajstić information content (AvgIpc) is 3.64. The second-order valence-corrected chi connectivity index (χ2v) is 12.8. The Hall–Kier alpha value is -5.60. The Morgan fingerprint density at radius 2 is 1.39 bits per heavy atom. The third kappa shape index (κ3) is 3.77. The van der Waals surface area contributed by atoms with Crippen LogP contribution >= 0.6 is 0 Å². The molecule has 0 radical (unpaired) electrons. The van der Waals surface area contributed by atoms with Gasteiger partial charge in [-0.05, 0) is 82.6 Å². The molecule has 1 unspecified atom stereocenters. The van der Waals surface area contributed by atoms with Gasteiger partial charge in [-0.3, -0.25) is 0 Å². The van der Waals surface area contributed by atoms with Crippen LogP contribution in [0.15, 0.2) is 133 Å². The van der Waals surface area contributed by atoms with Crippen LogP contribution in [0.2, 0.25) is 0 Å². The van der Waals surface area contributed by atoms with Crippen molar-refractivity contribution in [1.29, 1.82) is 0 Å². The highest BCUT2D eigenvalue weighted by atomic mass is 15.0. The second kappa shape index (κ2) is 9.95. The number of rotatable bonds is 3. The van der Waals surface area contributed by atoms with Gasteiger partial charge in [-0.2, -0.15) is 0 Å². The predicted octanol–water partition coefficient (Wildman–Crippen LogP) is 9.72. The minimum absolute atomic E-state index is 0.257. The van der Waals surface area contributed by atoms with Crippen molar-refractivity contribution in [3.8, 4) is 16.8 Å². The van der Waals surface area contributed by atoms with Crippen LogP contribution in [-0.2, 0) is 6.42 Å². The zero-order chi connectivity index (χ0) is 30.2. The van der Waals surface area contributed by atoms with E-state index in [0.717, 1.165) is 19.3 Å². The highest BCUT2D eigenvalue weighted by molar-refractivity contribution is 6.10. The Kier molecular flexibility index (Phi) is 5.56. The van der Waals surface area contributed by atoms with Gasteiger partial charge in [0.1, 0.15) is 0 Å². The summed E-state index contributed by atoms with van der Waals surface area (Å²) in [5.41, 5.74) is 10.4. The second-order valence-electron chi connectivity index (χ2n) is 12.8. The summed E-state index contributed by atoms with van der Waals surface area (Å²) in [4.78, 5) is 0. The van der Waals surface area contributed by atoms with Crippen LogP contribution < -0.4 is 10.6 Å². The van der Waals surface area contributed by atoms with E-state index in [-0.39, 0.29) is 6.04 Å². The van der Waals surface area contributed by atoms with Crippen LogP contribution in [0.3, 0.4) is 0 Å². The van der Waals surface area contributed by atoms with E-state index in [1.807, 2.05) is 0 Å². The molecule has 8 aromatic rings. The van der Waals surface area contributed by atoms with Crippen LogP contribution in [0.1, 0.15) is 30.0 Å². The molecule has 46 heavy (non-hydrogen) atoms. The molecule has 0 N–H and O–H groups in total. The van der Waals surface area contributed by atoms with Gasteiger partial charge in [-0.1, -0.05) is 121 Å². The highest BCUT2D eigenvalue weighted by Gasteiger charge is 2.22. The molecule has 1 atom stereocenters. The lowest BCUT2D eigenvalue weighted by atomic mass is 9.94. The van der Waals surface area contributed by atoms with Crippen LogP contribution in [0.5, 0.6) is 0 Å². The zero-order valence-electron chi connectivity index (χ0n) is 25.5. The molecule has 2 heterocycles. The fourth-order valence-corrected chi connectivity index (χ4v) is 8.17. The number of hydrogen-bond donors (Lipinski definition) is 0. The molecule has 6 aromatic carbocycles. The lowest BCUT2D eigenvalue weighted by molar-refractivity contribution is 0.635. The number of nitrogens with zero attached hydrogens (tertiary/aromatic N) is 2. The van der Waals surface area contributed by atoms with Crippen LogP contribution in [0, 0.1) is 0 Å². The number of allylic oxidation sites excluding steroid dienone is 1. The summed E-state index contributed by atoms with van der Waals surface area (Å²) < 4.78 is 5.06. The van der Waals surface area contributed by atoms with Crippen molar-refractivity contribution in [3.05, 3.63) is 155 Å². The van der Waals surface area contributed by atoms with Gasteiger partial charge in [0.05, 0.1) is 17.1 Å². The zero-order valence-corrected chi connectivity index (χ0v) is 25.5. The van der Waals surface area contributed by atoms with E-state index in [2.05, 4.69) is 161 Å². The topological polar surface area (TPSA) is 9.86 Å². The van der Waals surface area contributed by atoms with E-state index in [1.165, 1.54) is 82.0 Å². The standard InChI is InChI=1S/C44H32N2/c1-3-12-31-26-34(23-20-29(31)10-1)45-41-18-8-6-15-39(41)44-36(16-9-19-42(44)45)33-22-25-38-37-14-5-7-17-40(37)46(43(38)28-33)35-24-21-30-11-2-4-13-32(30)27-35/h1-5,7,9-26,28,35H,6,8,27H2. The highest BCUT2D eigenvalue weighted by Crippen LogP contribution is 2.39. The van der Waals surface area contributed by atoms with Gasteiger partial charge in [0.25, 0.3) is 0 Å². The van der Waals surface area contributed by atoms with E-state index in [9.17, 15) is 0 Å². The van der Waals surface area contributed by atoms with E-state index in [0.29, 0.717) is 0 Å². The number of para-hydroxylation sites is 1. The number of hydrogen-bond acceptors (Lipinski definition) is 0. The molecule has 2 aliphatic carbocycles. The fraction of sp³-hybridized carbons (Fsp3) is 0.0909. The molecule has 0 saturated carbocycles. The lowest BCUT2D eigenvalue weighted by Crippen LogP contribution is -2.30. The Bertz CT molecular complexity index is 2680. The van der Waals surface area contributed by atoms with Crippen molar-refractivity contribution in [3.63, 3.8) is 0 Å². The third-order valence-electron chi connectivity index (χ3n) is 10.2. The van der Waals surface area contributed by atoms with Gasteiger partial charge < -0.3 is 9.13 Å². The van der Waals surface area contributed by atoms with E-state index in [4.69, 9.17) is 0 Å². The fourth-order valence-electron chi connectivity index (χ4n) is 8.17. The maximum absolute atomic E-state index is 2.58.